The molecule has 0 unspecified atom stereocenters. The molecule has 0 saturated heterocycles. The van der Waals surface area contributed by atoms with E-state index in [9.17, 15) is 4.79 Å². The van der Waals surface area contributed by atoms with E-state index in [0.717, 1.165) is 23.1 Å². The first-order chi connectivity index (χ1) is 9.09. The molecule has 110 valence electrons. The van der Waals surface area contributed by atoms with Crippen molar-refractivity contribution >= 4 is 51.4 Å². The second-order valence-corrected chi connectivity index (χ2v) is 5.96. The standard InChI is InChI=1S/C14H16ClNO2S.ClH/c1-16(2)8-5-9-18-14(17)13-12(15)10-6-3-4-7-11(10)19-13;/h3-4,6-7H,5,8-9H2,1-2H3;1H. The maximum Gasteiger partial charge on any atom is 0.349 e. The van der Waals surface area contributed by atoms with Gasteiger partial charge in [0.1, 0.15) is 4.88 Å². The summed E-state index contributed by atoms with van der Waals surface area (Å²) in [4.78, 5) is 14.5. The number of thiophene rings is 1. The molecule has 0 amide bonds. The van der Waals surface area contributed by atoms with E-state index in [2.05, 4.69) is 4.90 Å². The second-order valence-electron chi connectivity index (χ2n) is 4.53. The highest BCUT2D eigenvalue weighted by molar-refractivity contribution is 7.21. The Labute approximate surface area is 133 Å². The second kappa shape index (κ2) is 7.84. The molecule has 0 N–H and O–H groups in total. The Balaban J connectivity index is 0.00000200. The van der Waals surface area contributed by atoms with Gasteiger partial charge in [-0.2, -0.15) is 0 Å². The normalized spacial score (nSPS) is 10.6. The Morgan fingerprint density at radius 1 is 1.35 bits per heavy atom. The Morgan fingerprint density at radius 3 is 2.70 bits per heavy atom. The van der Waals surface area contributed by atoms with Crippen molar-refractivity contribution in [3.8, 4) is 0 Å². The highest BCUT2D eigenvalue weighted by Gasteiger charge is 2.17. The van der Waals surface area contributed by atoms with Gasteiger partial charge in [0.25, 0.3) is 0 Å². The molecule has 0 aliphatic rings. The highest BCUT2D eigenvalue weighted by atomic mass is 35.5. The molecule has 2 rings (SSSR count). The largest absolute Gasteiger partial charge is 0.461 e. The summed E-state index contributed by atoms with van der Waals surface area (Å²) in [5.74, 6) is -0.329. The fourth-order valence-corrected chi connectivity index (χ4v) is 3.16. The van der Waals surface area contributed by atoms with E-state index < -0.39 is 0 Å². The van der Waals surface area contributed by atoms with E-state index in [4.69, 9.17) is 16.3 Å². The molecule has 3 nitrogen and oxygen atoms in total. The van der Waals surface area contributed by atoms with Crippen LogP contribution in [-0.4, -0.2) is 38.1 Å². The molecule has 6 heteroatoms. The monoisotopic (exact) mass is 333 g/mol. The summed E-state index contributed by atoms with van der Waals surface area (Å²) in [6.45, 7) is 1.31. The molecule has 1 aromatic heterocycles. The number of carbonyl (C=O) groups excluding carboxylic acids is 1. The van der Waals surface area contributed by atoms with E-state index in [1.165, 1.54) is 11.3 Å². The molecule has 0 aliphatic heterocycles. The number of rotatable bonds is 5. The van der Waals surface area contributed by atoms with E-state index >= 15 is 0 Å². The molecule has 0 saturated carbocycles. The van der Waals surface area contributed by atoms with Crippen molar-refractivity contribution in [1.29, 1.82) is 0 Å². The van der Waals surface area contributed by atoms with Crippen molar-refractivity contribution in [2.24, 2.45) is 0 Å². The molecule has 1 aromatic carbocycles. The van der Waals surface area contributed by atoms with E-state index in [0.29, 0.717) is 16.5 Å². The molecule has 20 heavy (non-hydrogen) atoms. The Bertz CT molecular complexity index is 584. The van der Waals surface area contributed by atoms with Crippen LogP contribution in [0.2, 0.25) is 5.02 Å². The first kappa shape index (κ1) is 17.2. The molecular weight excluding hydrogens is 317 g/mol. The molecule has 2 aromatic rings. The maximum atomic E-state index is 12.0. The number of hydrogen-bond acceptors (Lipinski definition) is 4. The SMILES string of the molecule is CN(C)CCCOC(=O)c1sc2ccccc2c1Cl.Cl. The van der Waals surface area contributed by atoms with Crippen LogP contribution < -0.4 is 0 Å². The van der Waals surface area contributed by atoms with Crippen molar-refractivity contribution in [3.05, 3.63) is 34.2 Å². The van der Waals surface area contributed by atoms with Gasteiger partial charge in [0.15, 0.2) is 0 Å². The molecular formula is C14H17Cl2NO2S. The number of fused-ring (bicyclic) bond motifs is 1. The van der Waals surface area contributed by atoms with Crippen molar-refractivity contribution in [3.63, 3.8) is 0 Å². The molecule has 0 atom stereocenters. The summed E-state index contributed by atoms with van der Waals surface area (Å²) in [6.07, 6.45) is 0.821. The van der Waals surface area contributed by atoms with Gasteiger partial charge in [-0.15, -0.1) is 23.7 Å². The Morgan fingerprint density at radius 2 is 2.05 bits per heavy atom. The average Bonchev–Trinajstić information content (AvgIpc) is 2.72. The van der Waals surface area contributed by atoms with Gasteiger partial charge < -0.3 is 9.64 Å². The molecule has 0 aliphatic carbocycles. The predicted molar refractivity (Wildman–Crippen MR) is 87.5 cm³/mol. The van der Waals surface area contributed by atoms with E-state index in [-0.39, 0.29) is 18.4 Å². The van der Waals surface area contributed by atoms with Gasteiger partial charge in [-0.05, 0) is 26.6 Å². The quantitative estimate of drug-likeness (QED) is 0.609. The summed E-state index contributed by atoms with van der Waals surface area (Å²) in [6, 6.07) is 7.71. The van der Waals surface area contributed by atoms with Crippen LogP contribution in [0, 0.1) is 0 Å². The highest BCUT2D eigenvalue weighted by Crippen LogP contribution is 2.35. The fourth-order valence-electron chi connectivity index (χ4n) is 1.76. The van der Waals surface area contributed by atoms with Gasteiger partial charge in [0, 0.05) is 16.6 Å². The summed E-state index contributed by atoms with van der Waals surface area (Å²) in [5.41, 5.74) is 0. The lowest BCUT2D eigenvalue weighted by atomic mass is 10.2. The first-order valence-electron chi connectivity index (χ1n) is 6.08. The minimum Gasteiger partial charge on any atom is -0.461 e. The van der Waals surface area contributed by atoms with Gasteiger partial charge in [-0.3, -0.25) is 0 Å². The summed E-state index contributed by atoms with van der Waals surface area (Å²) >= 11 is 7.60. The predicted octanol–water partition coefficient (Wildman–Crippen LogP) is 4.09. The average molecular weight is 334 g/mol. The Hall–Kier alpha value is -0.810. The van der Waals surface area contributed by atoms with Crippen molar-refractivity contribution < 1.29 is 9.53 Å². The molecule has 1 heterocycles. The number of halogens is 2. The van der Waals surface area contributed by atoms with Crippen molar-refractivity contribution in [2.75, 3.05) is 27.2 Å². The zero-order valence-electron chi connectivity index (χ0n) is 11.4. The number of carbonyl (C=O) groups is 1. The lowest BCUT2D eigenvalue weighted by Gasteiger charge is -2.09. The number of ether oxygens (including phenoxy) is 1. The van der Waals surface area contributed by atoms with Gasteiger partial charge in [-0.25, -0.2) is 4.79 Å². The van der Waals surface area contributed by atoms with Crippen LogP contribution >= 0.6 is 35.3 Å². The summed E-state index contributed by atoms with van der Waals surface area (Å²) in [5, 5.41) is 1.41. The maximum absolute atomic E-state index is 12.0. The van der Waals surface area contributed by atoms with E-state index in [1.807, 2.05) is 38.4 Å². The van der Waals surface area contributed by atoms with Gasteiger partial charge >= 0.3 is 5.97 Å². The fraction of sp³-hybridized carbons (Fsp3) is 0.357. The first-order valence-corrected chi connectivity index (χ1v) is 7.28. The third-order valence-corrected chi connectivity index (χ3v) is 4.36. The number of hydrogen-bond donors (Lipinski definition) is 0. The van der Waals surface area contributed by atoms with Crippen LogP contribution in [0.25, 0.3) is 10.1 Å². The van der Waals surface area contributed by atoms with Crippen LogP contribution in [0.3, 0.4) is 0 Å². The van der Waals surface area contributed by atoms with Crippen LogP contribution in [0.4, 0.5) is 0 Å². The van der Waals surface area contributed by atoms with Crippen LogP contribution in [-0.2, 0) is 4.74 Å². The molecule has 0 radical (unpaired) electrons. The summed E-state index contributed by atoms with van der Waals surface area (Å²) < 4.78 is 6.26. The topological polar surface area (TPSA) is 29.5 Å². The number of benzene rings is 1. The van der Waals surface area contributed by atoms with Crippen LogP contribution in [0.15, 0.2) is 24.3 Å². The van der Waals surface area contributed by atoms with Gasteiger partial charge in [-0.1, -0.05) is 29.8 Å². The zero-order chi connectivity index (χ0) is 13.8. The van der Waals surface area contributed by atoms with Crippen LogP contribution in [0.5, 0.6) is 0 Å². The lowest BCUT2D eigenvalue weighted by Crippen LogP contribution is -2.16. The van der Waals surface area contributed by atoms with E-state index in [1.54, 1.807) is 0 Å². The Kier molecular flexibility index (Phi) is 6.76. The van der Waals surface area contributed by atoms with Gasteiger partial charge in [0.05, 0.1) is 11.6 Å². The van der Waals surface area contributed by atoms with Crippen molar-refractivity contribution in [2.45, 2.75) is 6.42 Å². The molecule has 0 spiro atoms. The van der Waals surface area contributed by atoms with Gasteiger partial charge in [0.2, 0.25) is 0 Å². The zero-order valence-corrected chi connectivity index (χ0v) is 13.8. The number of nitrogens with zero attached hydrogens (tertiary/aromatic N) is 1. The third-order valence-electron chi connectivity index (χ3n) is 2.70. The molecule has 0 fully saturated rings. The summed E-state index contributed by atoms with van der Waals surface area (Å²) in [7, 11) is 3.98. The van der Waals surface area contributed by atoms with Crippen LogP contribution in [0.1, 0.15) is 16.1 Å². The lowest BCUT2D eigenvalue weighted by molar-refractivity contribution is 0.0499. The van der Waals surface area contributed by atoms with Crippen molar-refractivity contribution in [1.82, 2.24) is 4.90 Å². The third kappa shape index (κ3) is 4.09. The smallest absolute Gasteiger partial charge is 0.349 e. The number of esters is 1. The molecule has 0 bridgehead atoms. The minimum absolute atomic E-state index is 0. The minimum atomic E-state index is -0.329.